The molecule has 4 heteroatoms. The van der Waals surface area contributed by atoms with Crippen molar-refractivity contribution in [3.05, 3.63) is 29.3 Å². The van der Waals surface area contributed by atoms with Gasteiger partial charge in [0.15, 0.2) is 0 Å². The number of ether oxygens (including phenoxy) is 1. The van der Waals surface area contributed by atoms with E-state index in [0.29, 0.717) is 11.3 Å². The zero-order valence-corrected chi connectivity index (χ0v) is 15.3. The number of likely N-dealkylation sites (tertiary alicyclic amines) is 2. The van der Waals surface area contributed by atoms with E-state index in [4.69, 9.17) is 4.74 Å². The van der Waals surface area contributed by atoms with Crippen molar-refractivity contribution in [3.8, 4) is 5.75 Å². The van der Waals surface area contributed by atoms with E-state index < -0.39 is 0 Å². The molecule has 1 aromatic rings. The fraction of sp³-hybridized carbons (Fsp3) is 0.650. The molecule has 2 saturated heterocycles. The summed E-state index contributed by atoms with van der Waals surface area (Å²) in [6.45, 7) is 9.16. The van der Waals surface area contributed by atoms with Gasteiger partial charge in [0.05, 0.1) is 0 Å². The topological polar surface area (TPSA) is 32.8 Å². The van der Waals surface area contributed by atoms with Gasteiger partial charge in [0.1, 0.15) is 12.4 Å². The Balaban J connectivity index is 1.44. The van der Waals surface area contributed by atoms with E-state index in [-0.39, 0.29) is 0 Å². The van der Waals surface area contributed by atoms with E-state index in [1.807, 2.05) is 11.9 Å². The Morgan fingerprint density at radius 3 is 2.62 bits per heavy atom. The van der Waals surface area contributed by atoms with Crippen molar-refractivity contribution in [3.63, 3.8) is 0 Å². The van der Waals surface area contributed by atoms with Crippen molar-refractivity contribution in [1.29, 1.82) is 0 Å². The SMILES string of the molecule is Cc1cccc(OCCN2CCC3(CCC(=O)N(C)C3)CC2)c1C. The zero-order valence-electron chi connectivity index (χ0n) is 15.3. The summed E-state index contributed by atoms with van der Waals surface area (Å²) in [7, 11) is 1.95. The van der Waals surface area contributed by atoms with Gasteiger partial charge in [-0.25, -0.2) is 0 Å². The third kappa shape index (κ3) is 3.75. The second-order valence-corrected chi connectivity index (χ2v) is 7.64. The van der Waals surface area contributed by atoms with E-state index in [9.17, 15) is 4.79 Å². The zero-order chi connectivity index (χ0) is 17.2. The summed E-state index contributed by atoms with van der Waals surface area (Å²) in [6, 6.07) is 6.24. The average Bonchev–Trinajstić information content (AvgIpc) is 2.57. The summed E-state index contributed by atoms with van der Waals surface area (Å²) < 4.78 is 5.99. The number of benzene rings is 1. The number of piperidine rings is 2. The fourth-order valence-electron chi connectivity index (χ4n) is 4.06. The molecule has 1 spiro atoms. The van der Waals surface area contributed by atoms with Crippen LogP contribution in [0.1, 0.15) is 36.8 Å². The van der Waals surface area contributed by atoms with Crippen molar-refractivity contribution in [2.75, 3.05) is 39.8 Å². The Labute approximate surface area is 145 Å². The summed E-state index contributed by atoms with van der Waals surface area (Å²) >= 11 is 0. The van der Waals surface area contributed by atoms with E-state index in [1.54, 1.807) is 0 Å². The molecule has 2 aliphatic rings. The minimum Gasteiger partial charge on any atom is -0.492 e. The largest absolute Gasteiger partial charge is 0.492 e. The lowest BCUT2D eigenvalue weighted by Crippen LogP contribution is -2.50. The first kappa shape index (κ1) is 17.3. The molecular weight excluding hydrogens is 300 g/mol. The lowest BCUT2D eigenvalue weighted by Gasteiger charge is -2.46. The predicted molar refractivity (Wildman–Crippen MR) is 96.4 cm³/mol. The highest BCUT2D eigenvalue weighted by molar-refractivity contribution is 5.76. The molecule has 1 amide bonds. The molecule has 0 atom stereocenters. The Kier molecular flexibility index (Phi) is 5.14. The molecule has 3 rings (SSSR count). The lowest BCUT2D eigenvalue weighted by molar-refractivity contribution is -0.137. The summed E-state index contributed by atoms with van der Waals surface area (Å²) in [6.07, 6.45) is 4.21. The van der Waals surface area contributed by atoms with Gasteiger partial charge in [0.25, 0.3) is 0 Å². The van der Waals surface area contributed by atoms with Crippen LogP contribution in [0.25, 0.3) is 0 Å². The smallest absolute Gasteiger partial charge is 0.222 e. The number of carbonyl (C=O) groups is 1. The van der Waals surface area contributed by atoms with Crippen LogP contribution in [-0.2, 0) is 4.79 Å². The Bertz CT molecular complexity index is 591. The highest BCUT2D eigenvalue weighted by Crippen LogP contribution is 2.39. The number of hydrogen-bond donors (Lipinski definition) is 0. The maximum Gasteiger partial charge on any atom is 0.222 e. The molecule has 0 N–H and O–H groups in total. The summed E-state index contributed by atoms with van der Waals surface area (Å²) in [5.41, 5.74) is 2.89. The standard InChI is InChI=1S/C20H30N2O2/c1-16-5-4-6-18(17(16)2)24-14-13-22-11-9-20(10-12-22)8-7-19(23)21(3)15-20/h4-6H,7-15H2,1-3H3. The summed E-state index contributed by atoms with van der Waals surface area (Å²) in [5.74, 6) is 1.32. The third-order valence-electron chi connectivity index (χ3n) is 6.00. The van der Waals surface area contributed by atoms with Gasteiger partial charge in [-0.3, -0.25) is 9.69 Å². The minimum atomic E-state index is 0.310. The van der Waals surface area contributed by atoms with E-state index >= 15 is 0 Å². The van der Waals surface area contributed by atoms with Crippen LogP contribution >= 0.6 is 0 Å². The second-order valence-electron chi connectivity index (χ2n) is 7.64. The van der Waals surface area contributed by atoms with E-state index in [2.05, 4.69) is 36.9 Å². The molecule has 0 aromatic heterocycles. The van der Waals surface area contributed by atoms with Crippen LogP contribution in [0.3, 0.4) is 0 Å². The van der Waals surface area contributed by atoms with Crippen LogP contribution < -0.4 is 4.74 Å². The maximum absolute atomic E-state index is 11.7. The molecule has 0 aliphatic carbocycles. The molecule has 2 fully saturated rings. The van der Waals surface area contributed by atoms with Crippen molar-refractivity contribution >= 4 is 5.91 Å². The average molecular weight is 330 g/mol. The third-order valence-corrected chi connectivity index (χ3v) is 6.00. The predicted octanol–water partition coefficient (Wildman–Crippen LogP) is 3.02. The molecule has 2 aliphatic heterocycles. The number of hydrogen-bond acceptors (Lipinski definition) is 3. The molecule has 1 aromatic carbocycles. The molecule has 0 bridgehead atoms. The molecule has 0 radical (unpaired) electrons. The number of aryl methyl sites for hydroxylation is 1. The number of rotatable bonds is 4. The summed E-state index contributed by atoms with van der Waals surface area (Å²) in [5, 5.41) is 0. The van der Waals surface area contributed by atoms with Gasteiger partial charge in [0.2, 0.25) is 5.91 Å². The Morgan fingerprint density at radius 2 is 1.92 bits per heavy atom. The number of carbonyl (C=O) groups excluding carboxylic acids is 1. The van der Waals surface area contributed by atoms with Gasteiger partial charge >= 0.3 is 0 Å². The first-order chi connectivity index (χ1) is 11.5. The van der Waals surface area contributed by atoms with Crippen LogP contribution in [0.5, 0.6) is 5.75 Å². The second kappa shape index (κ2) is 7.14. The van der Waals surface area contributed by atoms with Gasteiger partial charge in [-0.2, -0.15) is 0 Å². The molecule has 24 heavy (non-hydrogen) atoms. The Morgan fingerprint density at radius 1 is 1.17 bits per heavy atom. The van der Waals surface area contributed by atoms with Gasteiger partial charge in [-0.15, -0.1) is 0 Å². The lowest BCUT2D eigenvalue weighted by atomic mass is 9.72. The Hall–Kier alpha value is -1.55. The fourth-order valence-corrected chi connectivity index (χ4v) is 4.06. The maximum atomic E-state index is 11.7. The molecular formula is C20H30N2O2. The molecule has 132 valence electrons. The van der Waals surface area contributed by atoms with E-state index in [1.165, 1.54) is 24.0 Å². The van der Waals surface area contributed by atoms with Gasteiger partial charge in [-0.1, -0.05) is 12.1 Å². The normalized spacial score (nSPS) is 21.3. The quantitative estimate of drug-likeness (QED) is 0.851. The van der Waals surface area contributed by atoms with Crippen molar-refractivity contribution < 1.29 is 9.53 Å². The van der Waals surface area contributed by atoms with Crippen LogP contribution in [0.4, 0.5) is 0 Å². The first-order valence-electron chi connectivity index (χ1n) is 9.14. The number of nitrogens with zero attached hydrogens (tertiary/aromatic N) is 2. The summed E-state index contributed by atoms with van der Waals surface area (Å²) in [4.78, 5) is 16.2. The molecule has 0 unspecified atom stereocenters. The van der Waals surface area contributed by atoms with Crippen molar-refractivity contribution in [1.82, 2.24) is 9.80 Å². The molecule has 4 nitrogen and oxygen atoms in total. The van der Waals surface area contributed by atoms with Crippen LogP contribution in [0.15, 0.2) is 18.2 Å². The molecule has 0 saturated carbocycles. The van der Waals surface area contributed by atoms with Crippen LogP contribution in [-0.4, -0.2) is 55.5 Å². The van der Waals surface area contributed by atoms with Crippen molar-refractivity contribution in [2.45, 2.75) is 39.5 Å². The highest BCUT2D eigenvalue weighted by Gasteiger charge is 2.39. The minimum absolute atomic E-state index is 0.310. The van der Waals surface area contributed by atoms with Gasteiger partial charge < -0.3 is 9.64 Å². The van der Waals surface area contributed by atoms with Gasteiger partial charge in [0, 0.05) is 26.6 Å². The van der Waals surface area contributed by atoms with Crippen molar-refractivity contribution in [2.24, 2.45) is 5.41 Å². The number of amides is 1. The molecule has 2 heterocycles. The van der Waals surface area contributed by atoms with Gasteiger partial charge in [-0.05, 0) is 68.8 Å². The van der Waals surface area contributed by atoms with Crippen LogP contribution in [0.2, 0.25) is 0 Å². The van der Waals surface area contributed by atoms with E-state index in [0.717, 1.165) is 51.4 Å². The first-order valence-corrected chi connectivity index (χ1v) is 9.14. The monoisotopic (exact) mass is 330 g/mol. The highest BCUT2D eigenvalue weighted by atomic mass is 16.5. The van der Waals surface area contributed by atoms with Crippen LogP contribution in [0, 0.1) is 19.3 Å².